The van der Waals surface area contributed by atoms with Gasteiger partial charge >= 0.3 is 0 Å². The predicted molar refractivity (Wildman–Crippen MR) is 75.5 cm³/mol. The lowest BCUT2D eigenvalue weighted by atomic mass is 9.78. The van der Waals surface area contributed by atoms with E-state index in [-0.39, 0.29) is 0 Å². The van der Waals surface area contributed by atoms with E-state index in [1.165, 1.54) is 42.5 Å². The summed E-state index contributed by atoms with van der Waals surface area (Å²) < 4.78 is 5.36. The molecule has 1 aliphatic carbocycles. The van der Waals surface area contributed by atoms with Crippen LogP contribution in [0.5, 0.6) is 5.75 Å². The standard InChI is InChI=1S/C16H20N2O/c1-19-12-6-7-13-11(10-12)8-9-18-16(13)14-4-2-3-5-15(14)17-18/h6-7,10,14,16H,2-5,8-9H2,1H3/t14-,16-/m0/s1. The van der Waals surface area contributed by atoms with Crippen molar-refractivity contribution in [2.24, 2.45) is 11.0 Å². The Morgan fingerprint density at radius 3 is 3.11 bits per heavy atom. The Labute approximate surface area is 114 Å². The molecular weight excluding hydrogens is 236 g/mol. The Kier molecular flexibility index (Phi) is 2.54. The summed E-state index contributed by atoms with van der Waals surface area (Å²) >= 11 is 0. The third-order valence-electron chi connectivity index (χ3n) is 4.86. The number of nitrogens with zero attached hydrogens (tertiary/aromatic N) is 2. The first-order valence-electron chi connectivity index (χ1n) is 7.37. The molecule has 1 fully saturated rings. The lowest BCUT2D eigenvalue weighted by Crippen LogP contribution is -2.33. The van der Waals surface area contributed by atoms with Crippen LogP contribution in [0.15, 0.2) is 23.3 Å². The maximum absolute atomic E-state index is 5.36. The van der Waals surface area contributed by atoms with E-state index in [0.29, 0.717) is 12.0 Å². The molecule has 100 valence electrons. The van der Waals surface area contributed by atoms with Crippen molar-refractivity contribution in [2.45, 2.75) is 38.1 Å². The molecule has 1 aromatic rings. The van der Waals surface area contributed by atoms with Crippen LogP contribution in [0.2, 0.25) is 0 Å². The molecule has 0 bridgehead atoms. The van der Waals surface area contributed by atoms with Crippen molar-refractivity contribution >= 4 is 5.71 Å². The number of benzene rings is 1. The van der Waals surface area contributed by atoms with Crippen molar-refractivity contribution < 1.29 is 4.74 Å². The highest BCUT2D eigenvalue weighted by Gasteiger charge is 2.41. The zero-order chi connectivity index (χ0) is 12.8. The number of ether oxygens (including phenoxy) is 1. The van der Waals surface area contributed by atoms with Crippen molar-refractivity contribution in [2.75, 3.05) is 13.7 Å². The van der Waals surface area contributed by atoms with Crippen LogP contribution in [-0.2, 0) is 6.42 Å². The number of rotatable bonds is 1. The smallest absolute Gasteiger partial charge is 0.119 e. The van der Waals surface area contributed by atoms with E-state index in [4.69, 9.17) is 9.84 Å². The minimum Gasteiger partial charge on any atom is -0.497 e. The highest BCUT2D eigenvalue weighted by Crippen LogP contribution is 2.45. The fraction of sp³-hybridized carbons (Fsp3) is 0.562. The Balaban J connectivity index is 1.74. The van der Waals surface area contributed by atoms with Gasteiger partial charge in [-0.3, -0.25) is 5.01 Å². The second-order valence-corrected chi connectivity index (χ2v) is 5.87. The van der Waals surface area contributed by atoms with Gasteiger partial charge in [-0.25, -0.2) is 0 Å². The van der Waals surface area contributed by atoms with Gasteiger partial charge < -0.3 is 4.74 Å². The van der Waals surface area contributed by atoms with E-state index in [1.807, 2.05) is 0 Å². The predicted octanol–water partition coefficient (Wildman–Crippen LogP) is 3.15. The van der Waals surface area contributed by atoms with Crippen LogP contribution in [0.25, 0.3) is 0 Å². The van der Waals surface area contributed by atoms with Crippen molar-refractivity contribution in [3.05, 3.63) is 29.3 Å². The minimum absolute atomic E-state index is 0.505. The van der Waals surface area contributed by atoms with Crippen molar-refractivity contribution in [1.82, 2.24) is 5.01 Å². The molecule has 2 atom stereocenters. The Morgan fingerprint density at radius 2 is 2.21 bits per heavy atom. The van der Waals surface area contributed by atoms with Gasteiger partial charge in [-0.1, -0.05) is 12.5 Å². The van der Waals surface area contributed by atoms with Crippen LogP contribution in [-0.4, -0.2) is 24.4 Å². The van der Waals surface area contributed by atoms with Gasteiger partial charge in [-0.05, 0) is 48.9 Å². The zero-order valence-corrected chi connectivity index (χ0v) is 11.4. The molecule has 1 saturated carbocycles. The maximum atomic E-state index is 5.36. The monoisotopic (exact) mass is 256 g/mol. The Hall–Kier alpha value is -1.51. The second kappa shape index (κ2) is 4.26. The van der Waals surface area contributed by atoms with Crippen molar-refractivity contribution in [1.29, 1.82) is 0 Å². The molecule has 1 aromatic carbocycles. The van der Waals surface area contributed by atoms with Crippen LogP contribution in [0.4, 0.5) is 0 Å². The summed E-state index contributed by atoms with van der Waals surface area (Å²) in [5.41, 5.74) is 4.40. The molecule has 0 spiro atoms. The van der Waals surface area contributed by atoms with Crippen LogP contribution >= 0.6 is 0 Å². The summed E-state index contributed by atoms with van der Waals surface area (Å²) in [4.78, 5) is 0. The molecular formula is C16H20N2O. The number of fused-ring (bicyclic) bond motifs is 5. The molecule has 3 nitrogen and oxygen atoms in total. The average Bonchev–Trinajstić information content (AvgIpc) is 2.85. The first-order valence-corrected chi connectivity index (χ1v) is 7.37. The van der Waals surface area contributed by atoms with Gasteiger partial charge in [0.25, 0.3) is 0 Å². The van der Waals surface area contributed by atoms with Gasteiger partial charge in [-0.15, -0.1) is 0 Å². The molecule has 3 heteroatoms. The van der Waals surface area contributed by atoms with E-state index in [9.17, 15) is 0 Å². The Morgan fingerprint density at radius 1 is 1.26 bits per heavy atom. The fourth-order valence-electron chi connectivity index (χ4n) is 3.94. The van der Waals surface area contributed by atoms with E-state index < -0.39 is 0 Å². The molecule has 2 heterocycles. The maximum Gasteiger partial charge on any atom is 0.119 e. The highest BCUT2D eigenvalue weighted by molar-refractivity contribution is 5.89. The molecule has 0 N–H and O–H groups in total. The van der Waals surface area contributed by atoms with E-state index in [1.54, 1.807) is 7.11 Å². The molecule has 19 heavy (non-hydrogen) atoms. The lowest BCUT2D eigenvalue weighted by molar-refractivity contribution is 0.183. The summed E-state index contributed by atoms with van der Waals surface area (Å²) in [5, 5.41) is 7.24. The SMILES string of the molecule is COc1ccc2c(c1)CCN1N=C3CCCC[C@@H]3[C@H]21. The van der Waals surface area contributed by atoms with E-state index >= 15 is 0 Å². The second-order valence-electron chi connectivity index (χ2n) is 5.87. The summed E-state index contributed by atoms with van der Waals surface area (Å²) in [7, 11) is 1.74. The summed E-state index contributed by atoms with van der Waals surface area (Å²) in [6, 6.07) is 7.08. The molecule has 2 aliphatic heterocycles. The van der Waals surface area contributed by atoms with Gasteiger partial charge in [0.1, 0.15) is 5.75 Å². The normalized spacial score (nSPS) is 28.3. The van der Waals surface area contributed by atoms with Gasteiger partial charge in [0, 0.05) is 18.2 Å². The van der Waals surface area contributed by atoms with Crippen LogP contribution in [0.3, 0.4) is 0 Å². The Bertz CT molecular complexity index is 538. The van der Waals surface area contributed by atoms with Crippen LogP contribution in [0.1, 0.15) is 42.9 Å². The van der Waals surface area contributed by atoms with Crippen LogP contribution < -0.4 is 4.74 Å². The number of methoxy groups -OCH3 is 1. The van der Waals surface area contributed by atoms with Crippen LogP contribution in [0, 0.1) is 5.92 Å². The third kappa shape index (κ3) is 1.67. The molecule has 3 aliphatic rings. The first-order chi connectivity index (χ1) is 9.36. The topological polar surface area (TPSA) is 24.8 Å². The quantitative estimate of drug-likeness (QED) is 0.771. The summed E-state index contributed by atoms with van der Waals surface area (Å²) in [6.07, 6.45) is 6.30. The van der Waals surface area contributed by atoms with E-state index in [2.05, 4.69) is 23.2 Å². The molecule has 0 aromatic heterocycles. The van der Waals surface area contributed by atoms with Gasteiger partial charge in [0.15, 0.2) is 0 Å². The van der Waals surface area contributed by atoms with Crippen molar-refractivity contribution in [3.8, 4) is 5.75 Å². The van der Waals surface area contributed by atoms with Gasteiger partial charge in [0.05, 0.1) is 13.2 Å². The summed E-state index contributed by atoms with van der Waals surface area (Å²) in [5.74, 6) is 1.65. The van der Waals surface area contributed by atoms with E-state index in [0.717, 1.165) is 18.7 Å². The lowest BCUT2D eigenvalue weighted by Gasteiger charge is -2.35. The minimum atomic E-state index is 0.505. The summed E-state index contributed by atoms with van der Waals surface area (Å²) in [6.45, 7) is 1.06. The number of hydrogen-bond donors (Lipinski definition) is 0. The number of hydrazone groups is 1. The highest BCUT2D eigenvalue weighted by atomic mass is 16.5. The molecule has 0 saturated heterocycles. The van der Waals surface area contributed by atoms with Gasteiger partial charge in [-0.2, -0.15) is 5.10 Å². The van der Waals surface area contributed by atoms with Crippen molar-refractivity contribution in [3.63, 3.8) is 0 Å². The number of hydrogen-bond acceptors (Lipinski definition) is 3. The third-order valence-corrected chi connectivity index (χ3v) is 4.86. The molecule has 0 radical (unpaired) electrons. The largest absolute Gasteiger partial charge is 0.497 e. The van der Waals surface area contributed by atoms with Gasteiger partial charge in [0.2, 0.25) is 0 Å². The molecule has 4 rings (SSSR count). The average molecular weight is 256 g/mol. The molecule has 0 amide bonds. The fourth-order valence-corrected chi connectivity index (χ4v) is 3.94. The molecule has 0 unspecified atom stereocenters. The first kappa shape index (κ1) is 11.3. The zero-order valence-electron chi connectivity index (χ0n) is 11.4.